The highest BCUT2D eigenvalue weighted by Gasteiger charge is 2.48. The van der Waals surface area contributed by atoms with Crippen LogP contribution in [0.15, 0.2) is 89.8 Å². The summed E-state index contributed by atoms with van der Waals surface area (Å²) in [5.41, 5.74) is 0.280. The van der Waals surface area contributed by atoms with Crippen LogP contribution in [-0.4, -0.2) is 37.8 Å². The molecule has 0 spiro atoms. The second-order valence-corrected chi connectivity index (χ2v) is 11.0. The van der Waals surface area contributed by atoms with Gasteiger partial charge in [-0.2, -0.15) is 18.4 Å². The molecule has 0 radical (unpaired) electrons. The summed E-state index contributed by atoms with van der Waals surface area (Å²) < 4.78 is 68.5. The van der Waals surface area contributed by atoms with Crippen molar-refractivity contribution in [3.05, 3.63) is 90.5 Å². The Bertz CT molecular complexity index is 1380. The van der Waals surface area contributed by atoms with E-state index in [9.17, 15) is 31.6 Å². The third-order valence-electron chi connectivity index (χ3n) is 6.18. The zero-order valence-corrected chi connectivity index (χ0v) is 20.4. The second kappa shape index (κ2) is 10.4. The highest BCUT2D eigenvalue weighted by atomic mass is 32.2. The summed E-state index contributed by atoms with van der Waals surface area (Å²) in [6.45, 7) is 0. The number of alkyl halides is 3. The van der Waals surface area contributed by atoms with Gasteiger partial charge in [-0.15, -0.1) is 0 Å². The van der Waals surface area contributed by atoms with Gasteiger partial charge in [-0.3, -0.25) is 10.1 Å². The Morgan fingerprint density at radius 1 is 0.919 bits per heavy atom. The summed E-state index contributed by atoms with van der Waals surface area (Å²) in [6, 6.07) is 19.9. The van der Waals surface area contributed by atoms with Crippen molar-refractivity contribution >= 4 is 15.7 Å². The molecule has 1 aliphatic carbocycles. The number of hydrogen-bond donors (Lipinski definition) is 2. The number of rotatable bonds is 9. The SMILES string of the molecule is N#CC1(NC(=O)C(CS(=O)(=O)c2ccc(-c3ccccc3)cc2)NC(c2ccccc2)C(F)(F)F)CC1. The monoisotopic (exact) mass is 527 g/mol. The molecular weight excluding hydrogens is 503 g/mol. The Hall–Kier alpha value is -3.68. The van der Waals surface area contributed by atoms with Crippen LogP contribution in [0.4, 0.5) is 13.2 Å². The topological polar surface area (TPSA) is 99.1 Å². The summed E-state index contributed by atoms with van der Waals surface area (Å²) in [7, 11) is -4.19. The van der Waals surface area contributed by atoms with E-state index in [1.165, 1.54) is 36.4 Å². The average Bonchev–Trinajstić information content (AvgIpc) is 3.66. The van der Waals surface area contributed by atoms with Crippen molar-refractivity contribution < 1.29 is 26.4 Å². The molecule has 3 aromatic rings. The fraction of sp³-hybridized carbons (Fsp3) is 0.259. The smallest absolute Gasteiger partial charge is 0.336 e. The van der Waals surface area contributed by atoms with Crippen molar-refractivity contribution in [2.75, 3.05) is 5.75 Å². The molecule has 4 rings (SSSR count). The van der Waals surface area contributed by atoms with Crippen molar-refractivity contribution in [2.24, 2.45) is 0 Å². The van der Waals surface area contributed by atoms with E-state index < -0.39 is 45.3 Å². The van der Waals surface area contributed by atoms with Crippen LogP contribution in [0, 0.1) is 11.3 Å². The number of amides is 1. The van der Waals surface area contributed by atoms with Gasteiger partial charge in [-0.1, -0.05) is 72.8 Å². The van der Waals surface area contributed by atoms with Gasteiger partial charge in [0.25, 0.3) is 0 Å². The summed E-state index contributed by atoms with van der Waals surface area (Å²) >= 11 is 0. The predicted molar refractivity (Wildman–Crippen MR) is 132 cm³/mol. The van der Waals surface area contributed by atoms with Crippen LogP contribution in [0.5, 0.6) is 0 Å². The maximum absolute atomic E-state index is 14.0. The van der Waals surface area contributed by atoms with Crippen LogP contribution in [-0.2, 0) is 14.6 Å². The molecule has 10 heteroatoms. The Morgan fingerprint density at radius 3 is 1.97 bits per heavy atom. The Labute approximate surface area is 213 Å². The molecule has 3 aromatic carbocycles. The minimum absolute atomic E-state index is 0.128. The Balaban J connectivity index is 1.62. The van der Waals surface area contributed by atoms with Crippen LogP contribution < -0.4 is 10.6 Å². The molecule has 37 heavy (non-hydrogen) atoms. The van der Waals surface area contributed by atoms with Crippen molar-refractivity contribution in [3.63, 3.8) is 0 Å². The lowest BCUT2D eigenvalue weighted by molar-refractivity contribution is -0.160. The molecule has 1 saturated carbocycles. The van der Waals surface area contributed by atoms with Crippen molar-refractivity contribution in [1.82, 2.24) is 10.6 Å². The lowest BCUT2D eigenvalue weighted by Crippen LogP contribution is -2.54. The average molecular weight is 528 g/mol. The molecule has 1 fully saturated rings. The molecule has 2 unspecified atom stereocenters. The molecule has 6 nitrogen and oxygen atoms in total. The predicted octanol–water partition coefficient (Wildman–Crippen LogP) is 4.56. The number of sulfone groups is 1. The molecule has 0 aliphatic heterocycles. The Kier molecular flexibility index (Phi) is 7.39. The van der Waals surface area contributed by atoms with E-state index in [-0.39, 0.29) is 10.5 Å². The molecule has 2 atom stereocenters. The number of carbonyl (C=O) groups excluding carboxylic acids is 1. The number of benzene rings is 3. The number of hydrogen-bond acceptors (Lipinski definition) is 5. The molecule has 1 amide bonds. The minimum atomic E-state index is -4.81. The van der Waals surface area contributed by atoms with Gasteiger partial charge in [-0.25, -0.2) is 8.42 Å². The second-order valence-electron chi connectivity index (χ2n) is 8.96. The van der Waals surface area contributed by atoms with E-state index in [0.717, 1.165) is 11.1 Å². The lowest BCUT2D eigenvalue weighted by atomic mass is 10.1. The number of nitriles is 1. The fourth-order valence-electron chi connectivity index (χ4n) is 3.94. The third kappa shape index (κ3) is 6.37. The summed E-state index contributed by atoms with van der Waals surface area (Å²) in [5, 5.41) is 14.0. The van der Waals surface area contributed by atoms with Gasteiger partial charge in [-0.05, 0) is 41.7 Å². The van der Waals surface area contributed by atoms with Gasteiger partial charge < -0.3 is 5.32 Å². The van der Waals surface area contributed by atoms with Crippen molar-refractivity contribution in [3.8, 4) is 17.2 Å². The maximum atomic E-state index is 14.0. The largest absolute Gasteiger partial charge is 0.407 e. The van der Waals surface area contributed by atoms with E-state index in [1.54, 1.807) is 18.2 Å². The number of nitrogens with one attached hydrogen (secondary N) is 2. The normalized spacial score (nSPS) is 16.3. The zero-order chi connectivity index (χ0) is 26.7. The summed E-state index contributed by atoms with van der Waals surface area (Å²) in [5.74, 6) is -1.90. The molecular formula is C27H24F3N3O3S. The van der Waals surface area contributed by atoms with Gasteiger partial charge in [0.2, 0.25) is 5.91 Å². The van der Waals surface area contributed by atoms with Crippen LogP contribution in [0.3, 0.4) is 0 Å². The van der Waals surface area contributed by atoms with Crippen LogP contribution in [0.25, 0.3) is 11.1 Å². The highest BCUT2D eigenvalue weighted by Crippen LogP contribution is 2.36. The van der Waals surface area contributed by atoms with E-state index in [1.807, 2.05) is 36.4 Å². The van der Waals surface area contributed by atoms with Crippen LogP contribution >= 0.6 is 0 Å². The minimum Gasteiger partial charge on any atom is -0.336 e. The molecule has 0 aromatic heterocycles. The zero-order valence-electron chi connectivity index (χ0n) is 19.6. The van der Waals surface area contributed by atoms with Crippen LogP contribution in [0.1, 0.15) is 24.4 Å². The Morgan fingerprint density at radius 2 is 1.46 bits per heavy atom. The molecule has 192 valence electrons. The number of carbonyl (C=O) groups is 1. The lowest BCUT2D eigenvalue weighted by Gasteiger charge is -2.28. The van der Waals surface area contributed by atoms with Crippen molar-refractivity contribution in [1.29, 1.82) is 5.26 Å². The van der Waals surface area contributed by atoms with Crippen LogP contribution in [0.2, 0.25) is 0 Å². The fourth-order valence-corrected chi connectivity index (χ4v) is 5.37. The van der Waals surface area contributed by atoms with E-state index in [0.29, 0.717) is 12.8 Å². The quantitative estimate of drug-likeness (QED) is 0.425. The molecule has 0 heterocycles. The van der Waals surface area contributed by atoms with Gasteiger partial charge in [0.15, 0.2) is 9.84 Å². The standard InChI is InChI=1S/C27H24F3N3O3S/c28-27(29,30)24(21-9-5-2-6-10-21)32-23(25(34)33-26(18-31)15-16-26)17-37(35,36)22-13-11-20(12-14-22)19-7-3-1-4-8-19/h1-14,23-24,32H,15-17H2,(H,33,34). The van der Waals surface area contributed by atoms with Crippen molar-refractivity contribution in [2.45, 2.75) is 41.5 Å². The molecule has 2 N–H and O–H groups in total. The first-order chi connectivity index (χ1) is 17.5. The molecule has 0 saturated heterocycles. The first kappa shape index (κ1) is 26.4. The molecule has 1 aliphatic rings. The maximum Gasteiger partial charge on any atom is 0.407 e. The van der Waals surface area contributed by atoms with Gasteiger partial charge in [0, 0.05) is 0 Å². The molecule has 0 bridgehead atoms. The first-order valence-electron chi connectivity index (χ1n) is 11.5. The van der Waals surface area contributed by atoms with E-state index >= 15 is 0 Å². The number of halogens is 3. The van der Waals surface area contributed by atoms with E-state index in [2.05, 4.69) is 10.6 Å². The highest BCUT2D eigenvalue weighted by molar-refractivity contribution is 7.91. The summed E-state index contributed by atoms with van der Waals surface area (Å²) in [4.78, 5) is 12.9. The first-order valence-corrected chi connectivity index (χ1v) is 13.2. The van der Waals surface area contributed by atoms with Gasteiger partial charge in [0.1, 0.15) is 17.6 Å². The van der Waals surface area contributed by atoms with Gasteiger partial charge >= 0.3 is 6.18 Å². The van der Waals surface area contributed by atoms with E-state index in [4.69, 9.17) is 0 Å². The summed E-state index contributed by atoms with van der Waals surface area (Å²) in [6.07, 6.45) is -4.12. The third-order valence-corrected chi connectivity index (χ3v) is 7.94. The number of nitrogens with zero attached hydrogens (tertiary/aromatic N) is 1. The van der Waals surface area contributed by atoms with Gasteiger partial charge in [0.05, 0.1) is 16.7 Å².